The van der Waals surface area contributed by atoms with Crippen molar-refractivity contribution in [2.45, 2.75) is 0 Å². The topological polar surface area (TPSA) is 103 Å². The fourth-order valence-electron chi connectivity index (χ4n) is 1.39. The average molecular weight is 264 g/mol. The van der Waals surface area contributed by atoms with Crippen molar-refractivity contribution in [1.82, 2.24) is 4.98 Å². The highest BCUT2D eigenvalue weighted by Gasteiger charge is 2.14. The van der Waals surface area contributed by atoms with Crippen LogP contribution in [-0.4, -0.2) is 9.91 Å². The number of hydrazine groups is 1. The van der Waals surface area contributed by atoms with Crippen LogP contribution in [0.15, 0.2) is 36.5 Å². The third-order valence-corrected chi connectivity index (χ3v) is 2.23. The van der Waals surface area contributed by atoms with Crippen molar-refractivity contribution in [1.29, 1.82) is 0 Å². The zero-order valence-electron chi connectivity index (χ0n) is 9.54. The van der Waals surface area contributed by atoms with Gasteiger partial charge in [-0.2, -0.15) is 4.39 Å². The highest BCUT2D eigenvalue weighted by molar-refractivity contribution is 5.43. The Morgan fingerprint density at radius 2 is 2.05 bits per heavy atom. The molecule has 2 rings (SSSR count). The molecule has 0 saturated heterocycles. The number of nitrogens with one attached hydrogen (secondary N) is 1. The van der Waals surface area contributed by atoms with Crippen LogP contribution in [0.4, 0.5) is 15.9 Å². The molecule has 0 atom stereocenters. The van der Waals surface area contributed by atoms with Gasteiger partial charge < -0.3 is 10.2 Å². The molecule has 0 fully saturated rings. The van der Waals surface area contributed by atoms with E-state index in [1.807, 2.05) is 0 Å². The number of pyridine rings is 1. The normalized spacial score (nSPS) is 10.0. The van der Waals surface area contributed by atoms with Crippen molar-refractivity contribution in [2.75, 3.05) is 5.43 Å². The number of nitro groups is 1. The number of hydrogen-bond acceptors (Lipinski definition) is 6. The average Bonchev–Trinajstić information content (AvgIpc) is 2.38. The summed E-state index contributed by atoms with van der Waals surface area (Å²) in [6.45, 7) is 0. The van der Waals surface area contributed by atoms with Crippen molar-refractivity contribution in [3.63, 3.8) is 0 Å². The molecule has 1 heterocycles. The molecule has 0 unspecified atom stereocenters. The van der Waals surface area contributed by atoms with Crippen LogP contribution in [0, 0.1) is 15.9 Å². The number of nitro benzene ring substituents is 1. The Kier molecular flexibility index (Phi) is 3.53. The van der Waals surface area contributed by atoms with E-state index in [9.17, 15) is 14.5 Å². The molecule has 0 radical (unpaired) electrons. The molecule has 3 N–H and O–H groups in total. The van der Waals surface area contributed by atoms with Gasteiger partial charge in [0.15, 0.2) is 0 Å². The second-order valence-corrected chi connectivity index (χ2v) is 3.49. The summed E-state index contributed by atoms with van der Waals surface area (Å²) in [6.07, 6.45) is 1.45. The van der Waals surface area contributed by atoms with Crippen LogP contribution in [0.3, 0.4) is 0 Å². The third kappa shape index (κ3) is 2.93. The minimum atomic E-state index is -0.964. The minimum Gasteiger partial charge on any atom is -0.457 e. The van der Waals surface area contributed by atoms with Gasteiger partial charge in [-0.1, -0.05) is 0 Å². The summed E-state index contributed by atoms with van der Waals surface area (Å²) in [5, 5.41) is 10.5. The predicted octanol–water partition coefficient (Wildman–Crippen LogP) is 2.21. The van der Waals surface area contributed by atoms with Gasteiger partial charge in [-0.05, 0) is 12.1 Å². The second-order valence-electron chi connectivity index (χ2n) is 3.49. The van der Waals surface area contributed by atoms with Crippen LogP contribution < -0.4 is 16.0 Å². The van der Waals surface area contributed by atoms with Crippen molar-refractivity contribution in [2.24, 2.45) is 5.84 Å². The highest BCUT2D eigenvalue weighted by Crippen LogP contribution is 2.27. The van der Waals surface area contributed by atoms with E-state index in [-0.39, 0.29) is 5.75 Å². The molecule has 0 aliphatic heterocycles. The fourth-order valence-corrected chi connectivity index (χ4v) is 1.39. The van der Waals surface area contributed by atoms with E-state index in [1.54, 1.807) is 6.07 Å². The number of hydrogen-bond donors (Lipinski definition) is 2. The molecule has 0 bridgehead atoms. The lowest BCUT2D eigenvalue weighted by atomic mass is 10.3. The van der Waals surface area contributed by atoms with Crippen molar-refractivity contribution < 1.29 is 14.1 Å². The first-order chi connectivity index (χ1) is 9.10. The van der Waals surface area contributed by atoms with Gasteiger partial charge in [0, 0.05) is 24.4 Å². The zero-order valence-corrected chi connectivity index (χ0v) is 9.54. The molecule has 0 saturated carbocycles. The number of halogens is 1. The van der Waals surface area contributed by atoms with Gasteiger partial charge >= 0.3 is 5.69 Å². The summed E-state index contributed by atoms with van der Waals surface area (Å²) in [6, 6.07) is 6.32. The first-order valence-electron chi connectivity index (χ1n) is 5.14. The number of nitrogens with two attached hydrogens (primary N) is 1. The maximum Gasteiger partial charge on any atom is 0.305 e. The standard InChI is InChI=1S/C11H9FN4O3/c12-9-5-7(1-2-10(9)16(17)18)19-8-3-4-14-11(6-8)15-13/h1-6H,13H2,(H,14,15). The third-order valence-electron chi connectivity index (χ3n) is 2.23. The maximum atomic E-state index is 13.4. The fraction of sp³-hybridized carbons (Fsp3) is 0. The van der Waals surface area contributed by atoms with Crippen LogP contribution in [0.25, 0.3) is 0 Å². The van der Waals surface area contributed by atoms with E-state index in [4.69, 9.17) is 10.6 Å². The Bertz CT molecular complexity index is 621. The van der Waals surface area contributed by atoms with Gasteiger partial charge in [0.2, 0.25) is 5.82 Å². The van der Waals surface area contributed by atoms with E-state index in [0.717, 1.165) is 12.1 Å². The summed E-state index contributed by atoms with van der Waals surface area (Å²) in [5.74, 6) is 5.10. The van der Waals surface area contributed by atoms with Gasteiger partial charge in [0.1, 0.15) is 17.3 Å². The van der Waals surface area contributed by atoms with Crippen molar-refractivity contribution in [3.05, 3.63) is 52.5 Å². The smallest absolute Gasteiger partial charge is 0.305 e. The SMILES string of the molecule is NNc1cc(Oc2ccc([N+](=O)[O-])c(F)c2)ccn1. The summed E-state index contributed by atoms with van der Waals surface area (Å²) in [4.78, 5) is 13.5. The van der Waals surface area contributed by atoms with E-state index in [1.165, 1.54) is 18.3 Å². The molecule has 0 aliphatic rings. The highest BCUT2D eigenvalue weighted by atomic mass is 19.1. The number of nitrogen functional groups attached to an aromatic ring is 1. The maximum absolute atomic E-state index is 13.4. The van der Waals surface area contributed by atoms with Gasteiger partial charge in [-0.25, -0.2) is 10.8 Å². The number of anilines is 1. The van der Waals surface area contributed by atoms with E-state index in [0.29, 0.717) is 11.6 Å². The Balaban J connectivity index is 2.23. The molecule has 2 aromatic rings. The lowest BCUT2D eigenvalue weighted by Gasteiger charge is -2.06. The van der Waals surface area contributed by atoms with Gasteiger partial charge in [0.05, 0.1) is 4.92 Å². The Labute approximate surface area is 107 Å². The Morgan fingerprint density at radius 1 is 1.32 bits per heavy atom. The molecule has 1 aromatic carbocycles. The molecule has 98 valence electrons. The summed E-state index contributed by atoms with van der Waals surface area (Å²) in [5.41, 5.74) is 1.73. The quantitative estimate of drug-likeness (QED) is 0.498. The Hall–Kier alpha value is -2.74. The molecule has 19 heavy (non-hydrogen) atoms. The second kappa shape index (κ2) is 5.27. The molecular formula is C11H9FN4O3. The van der Waals surface area contributed by atoms with E-state index >= 15 is 0 Å². The lowest BCUT2D eigenvalue weighted by Crippen LogP contribution is -2.08. The predicted molar refractivity (Wildman–Crippen MR) is 65.2 cm³/mol. The zero-order chi connectivity index (χ0) is 13.8. The number of nitrogens with zero attached hydrogens (tertiary/aromatic N) is 2. The number of rotatable bonds is 4. The molecule has 8 heteroatoms. The number of ether oxygens (including phenoxy) is 1. The van der Waals surface area contributed by atoms with Gasteiger partial charge in [-0.15, -0.1) is 0 Å². The largest absolute Gasteiger partial charge is 0.457 e. The summed E-state index contributed by atoms with van der Waals surface area (Å²) < 4.78 is 18.7. The van der Waals surface area contributed by atoms with Crippen LogP contribution in [0.5, 0.6) is 11.5 Å². The molecule has 7 nitrogen and oxygen atoms in total. The van der Waals surface area contributed by atoms with Gasteiger partial charge in [-0.3, -0.25) is 10.1 Å². The first-order valence-corrected chi connectivity index (χ1v) is 5.14. The first kappa shape index (κ1) is 12.7. The van der Waals surface area contributed by atoms with Gasteiger partial charge in [0.25, 0.3) is 0 Å². The summed E-state index contributed by atoms with van der Waals surface area (Å²) in [7, 11) is 0. The van der Waals surface area contributed by atoms with Crippen LogP contribution in [0.2, 0.25) is 0 Å². The molecule has 0 amide bonds. The minimum absolute atomic E-state index is 0.136. The summed E-state index contributed by atoms with van der Waals surface area (Å²) >= 11 is 0. The van der Waals surface area contributed by atoms with E-state index < -0.39 is 16.4 Å². The van der Waals surface area contributed by atoms with Crippen LogP contribution >= 0.6 is 0 Å². The molecule has 0 aliphatic carbocycles. The lowest BCUT2D eigenvalue weighted by molar-refractivity contribution is -0.387. The van der Waals surface area contributed by atoms with Crippen molar-refractivity contribution in [3.8, 4) is 11.5 Å². The Morgan fingerprint density at radius 3 is 2.68 bits per heavy atom. The molecule has 1 aromatic heterocycles. The monoisotopic (exact) mass is 264 g/mol. The van der Waals surface area contributed by atoms with Crippen molar-refractivity contribution >= 4 is 11.5 Å². The van der Waals surface area contributed by atoms with Crippen LogP contribution in [-0.2, 0) is 0 Å². The number of aromatic nitrogens is 1. The number of benzene rings is 1. The van der Waals surface area contributed by atoms with E-state index in [2.05, 4.69) is 10.4 Å². The molecule has 0 spiro atoms. The van der Waals surface area contributed by atoms with Crippen LogP contribution in [0.1, 0.15) is 0 Å². The molecular weight excluding hydrogens is 255 g/mol.